The van der Waals surface area contributed by atoms with Gasteiger partial charge in [0.05, 0.1) is 23.1 Å². The van der Waals surface area contributed by atoms with Gasteiger partial charge in [0.1, 0.15) is 11.5 Å². The number of aryl methyl sites for hydroxylation is 1. The van der Waals surface area contributed by atoms with E-state index in [0.29, 0.717) is 28.3 Å². The highest BCUT2D eigenvalue weighted by atomic mass is 19.4. The topological polar surface area (TPSA) is 50.5 Å². The van der Waals surface area contributed by atoms with E-state index in [9.17, 15) is 22.8 Å². The molecule has 0 saturated carbocycles. The largest absolute Gasteiger partial charge is 0.465 e. The minimum atomic E-state index is -4.45. The van der Waals surface area contributed by atoms with E-state index in [1.165, 1.54) is 26.0 Å². The molecule has 1 amide bonds. The maximum absolute atomic E-state index is 13.1. The van der Waals surface area contributed by atoms with Gasteiger partial charge in [-0.25, -0.2) is 0 Å². The van der Waals surface area contributed by atoms with E-state index < -0.39 is 23.7 Å². The fourth-order valence-corrected chi connectivity index (χ4v) is 4.33. The minimum Gasteiger partial charge on any atom is -0.465 e. The number of furan rings is 1. The lowest BCUT2D eigenvalue weighted by Crippen LogP contribution is -2.31. The molecule has 31 heavy (non-hydrogen) atoms. The van der Waals surface area contributed by atoms with Gasteiger partial charge in [-0.2, -0.15) is 13.2 Å². The number of nitrogens with zero attached hydrogens (tertiary/aromatic N) is 1. The smallest absolute Gasteiger partial charge is 0.416 e. The first kappa shape index (κ1) is 20.9. The average molecular weight is 427 g/mol. The van der Waals surface area contributed by atoms with Crippen LogP contribution in [-0.4, -0.2) is 11.7 Å². The predicted molar refractivity (Wildman–Crippen MR) is 109 cm³/mol. The van der Waals surface area contributed by atoms with Gasteiger partial charge in [0.2, 0.25) is 5.91 Å². The molecule has 0 N–H and O–H groups in total. The Morgan fingerprint density at radius 2 is 1.65 bits per heavy atom. The van der Waals surface area contributed by atoms with Crippen molar-refractivity contribution in [3.05, 3.63) is 88.4 Å². The van der Waals surface area contributed by atoms with Crippen molar-refractivity contribution in [2.24, 2.45) is 0 Å². The Morgan fingerprint density at radius 3 is 2.19 bits per heavy atom. The SMILES string of the molecule is CC(=O)c1cc([C@H]2c3ccccc3N(C(C)=O)[C@H]2c2ccc(C(F)(F)F)cc2)oc1C. The molecule has 4 nitrogen and oxygen atoms in total. The number of carbonyl (C=O) groups is 2. The van der Waals surface area contributed by atoms with Crippen LogP contribution < -0.4 is 4.90 Å². The molecule has 0 bridgehead atoms. The van der Waals surface area contributed by atoms with Crippen molar-refractivity contribution in [1.82, 2.24) is 0 Å². The highest BCUT2D eigenvalue weighted by Crippen LogP contribution is 2.52. The van der Waals surface area contributed by atoms with Crippen LogP contribution in [0.3, 0.4) is 0 Å². The number of halogens is 3. The summed E-state index contributed by atoms with van der Waals surface area (Å²) in [4.78, 5) is 26.2. The molecule has 4 rings (SSSR count). The number of amides is 1. The highest BCUT2D eigenvalue weighted by Gasteiger charge is 2.44. The number of hydrogen-bond acceptors (Lipinski definition) is 3. The van der Waals surface area contributed by atoms with Gasteiger partial charge < -0.3 is 9.32 Å². The van der Waals surface area contributed by atoms with Crippen molar-refractivity contribution >= 4 is 17.4 Å². The molecule has 0 fully saturated rings. The van der Waals surface area contributed by atoms with Crippen LogP contribution in [0.2, 0.25) is 0 Å². The van der Waals surface area contributed by atoms with Gasteiger partial charge in [-0.15, -0.1) is 0 Å². The van der Waals surface area contributed by atoms with Gasteiger partial charge in [-0.1, -0.05) is 30.3 Å². The molecule has 1 aliphatic rings. The van der Waals surface area contributed by atoms with Crippen molar-refractivity contribution < 1.29 is 27.2 Å². The monoisotopic (exact) mass is 427 g/mol. The third kappa shape index (κ3) is 3.54. The van der Waals surface area contributed by atoms with Gasteiger partial charge in [-0.3, -0.25) is 9.59 Å². The summed E-state index contributed by atoms with van der Waals surface area (Å²) in [5.74, 6) is 0.100. The van der Waals surface area contributed by atoms with E-state index in [4.69, 9.17) is 4.42 Å². The molecule has 0 spiro atoms. The molecule has 0 radical (unpaired) electrons. The highest BCUT2D eigenvalue weighted by molar-refractivity contribution is 5.97. The number of hydrogen-bond donors (Lipinski definition) is 0. The Labute approximate surface area is 177 Å². The number of ketones is 1. The maximum atomic E-state index is 13.1. The van der Waals surface area contributed by atoms with Crippen LogP contribution in [0.1, 0.15) is 64.4 Å². The first-order chi connectivity index (χ1) is 14.6. The summed E-state index contributed by atoms with van der Waals surface area (Å²) in [6.07, 6.45) is -4.45. The molecule has 2 heterocycles. The zero-order valence-corrected chi connectivity index (χ0v) is 17.2. The molecule has 160 valence electrons. The number of alkyl halides is 3. The third-order valence-electron chi connectivity index (χ3n) is 5.67. The summed E-state index contributed by atoms with van der Waals surface area (Å²) < 4.78 is 45.1. The lowest BCUT2D eigenvalue weighted by molar-refractivity contribution is -0.137. The summed E-state index contributed by atoms with van der Waals surface area (Å²) in [5.41, 5.74) is 1.71. The molecule has 2 atom stereocenters. The number of benzene rings is 2. The second-order valence-electron chi connectivity index (χ2n) is 7.66. The molecule has 2 aromatic carbocycles. The van der Waals surface area contributed by atoms with Gasteiger partial charge in [0, 0.05) is 12.6 Å². The lowest BCUT2D eigenvalue weighted by atomic mass is 9.87. The Bertz CT molecular complexity index is 1160. The van der Waals surface area contributed by atoms with Crippen molar-refractivity contribution in [1.29, 1.82) is 0 Å². The zero-order chi connectivity index (χ0) is 22.5. The van der Waals surface area contributed by atoms with Crippen molar-refractivity contribution in [3.63, 3.8) is 0 Å². The van der Waals surface area contributed by atoms with Crippen LogP contribution in [0.15, 0.2) is 59.0 Å². The van der Waals surface area contributed by atoms with E-state index in [2.05, 4.69) is 0 Å². The van der Waals surface area contributed by atoms with Gasteiger partial charge in [-0.05, 0) is 49.2 Å². The Kier molecular flexibility index (Phi) is 5.00. The van der Waals surface area contributed by atoms with Gasteiger partial charge >= 0.3 is 6.18 Å². The summed E-state index contributed by atoms with van der Waals surface area (Å²) in [6, 6.07) is 13.2. The summed E-state index contributed by atoms with van der Waals surface area (Å²) in [7, 11) is 0. The molecule has 0 saturated heterocycles. The van der Waals surface area contributed by atoms with Crippen LogP contribution in [0, 0.1) is 6.92 Å². The second kappa shape index (κ2) is 7.41. The molecule has 1 aromatic heterocycles. The van der Waals surface area contributed by atoms with E-state index in [0.717, 1.165) is 17.7 Å². The average Bonchev–Trinajstić information content (AvgIpc) is 3.25. The number of rotatable bonds is 3. The van der Waals surface area contributed by atoms with Crippen molar-refractivity contribution in [3.8, 4) is 0 Å². The normalized spacial score (nSPS) is 18.2. The number of carbonyl (C=O) groups excluding carboxylic acids is 2. The van der Waals surface area contributed by atoms with E-state index in [1.54, 1.807) is 30.0 Å². The molecule has 1 aliphatic heterocycles. The lowest BCUT2D eigenvalue weighted by Gasteiger charge is -2.28. The Morgan fingerprint density at radius 1 is 1.00 bits per heavy atom. The molecular formula is C24H20F3NO3. The quantitative estimate of drug-likeness (QED) is 0.478. The standard InChI is InChI=1S/C24H20F3NO3/c1-13(29)19-12-21(31-14(19)2)22-18-6-4-5-7-20(18)28(15(3)30)23(22)16-8-10-17(11-9-16)24(25,26)27/h4-12,22-23H,1-3H3/t22-,23+/m1/s1. The van der Waals surface area contributed by atoms with Crippen LogP contribution in [0.4, 0.5) is 18.9 Å². The fourth-order valence-electron chi connectivity index (χ4n) is 4.33. The van der Waals surface area contributed by atoms with Gasteiger partial charge in [0.25, 0.3) is 0 Å². The molecule has 0 aliphatic carbocycles. The number of para-hydroxylation sites is 1. The fraction of sp³-hybridized carbons (Fsp3) is 0.250. The minimum absolute atomic E-state index is 0.145. The van der Waals surface area contributed by atoms with Gasteiger partial charge in [0.15, 0.2) is 5.78 Å². The number of Topliss-reactive ketones (excluding diaryl/α,β-unsaturated/α-hetero) is 1. The van der Waals surface area contributed by atoms with Crippen LogP contribution in [-0.2, 0) is 11.0 Å². The maximum Gasteiger partial charge on any atom is 0.416 e. The molecular weight excluding hydrogens is 407 g/mol. The van der Waals surface area contributed by atoms with Crippen molar-refractivity contribution in [2.45, 2.75) is 38.9 Å². The summed E-state index contributed by atoms with van der Waals surface area (Å²) in [5, 5.41) is 0. The van der Waals surface area contributed by atoms with Crippen LogP contribution >= 0.6 is 0 Å². The number of anilines is 1. The summed E-state index contributed by atoms with van der Waals surface area (Å²) in [6.45, 7) is 4.56. The summed E-state index contributed by atoms with van der Waals surface area (Å²) >= 11 is 0. The van der Waals surface area contributed by atoms with E-state index in [1.807, 2.05) is 12.1 Å². The Hall–Kier alpha value is -3.35. The molecule has 0 unspecified atom stereocenters. The zero-order valence-electron chi connectivity index (χ0n) is 17.2. The first-order valence-corrected chi connectivity index (χ1v) is 9.76. The first-order valence-electron chi connectivity index (χ1n) is 9.76. The van der Waals surface area contributed by atoms with Crippen LogP contribution in [0.5, 0.6) is 0 Å². The van der Waals surface area contributed by atoms with Crippen LogP contribution in [0.25, 0.3) is 0 Å². The predicted octanol–water partition coefficient (Wildman–Crippen LogP) is 6.05. The molecule has 7 heteroatoms. The van der Waals surface area contributed by atoms with E-state index >= 15 is 0 Å². The number of fused-ring (bicyclic) bond motifs is 1. The molecule has 3 aromatic rings. The second-order valence-corrected chi connectivity index (χ2v) is 7.66. The van der Waals surface area contributed by atoms with Crippen molar-refractivity contribution in [2.75, 3.05) is 4.90 Å². The van der Waals surface area contributed by atoms with E-state index in [-0.39, 0.29) is 11.7 Å². The Balaban J connectivity index is 1.90. The third-order valence-corrected chi connectivity index (χ3v) is 5.67.